The van der Waals surface area contributed by atoms with Crippen molar-refractivity contribution in [2.75, 3.05) is 6.54 Å². The number of carboxylic acids is 1. The van der Waals surface area contributed by atoms with E-state index in [4.69, 9.17) is 5.11 Å². The van der Waals surface area contributed by atoms with Gasteiger partial charge in [-0.25, -0.2) is 0 Å². The van der Waals surface area contributed by atoms with Crippen LogP contribution in [-0.4, -0.2) is 49.4 Å². The highest BCUT2D eigenvalue weighted by atomic mass is 16.4. The summed E-state index contributed by atoms with van der Waals surface area (Å²) in [6.07, 6.45) is 0.216. The third-order valence-corrected chi connectivity index (χ3v) is 3.86. The summed E-state index contributed by atoms with van der Waals surface area (Å²) >= 11 is 0. The summed E-state index contributed by atoms with van der Waals surface area (Å²) in [5, 5.41) is 23.1. The maximum atomic E-state index is 12.3. The minimum absolute atomic E-state index is 0.0468. The number of hydrogen-bond acceptors (Lipinski definition) is 4. The van der Waals surface area contributed by atoms with Gasteiger partial charge in [0.15, 0.2) is 0 Å². The molecule has 0 aliphatic carbocycles. The summed E-state index contributed by atoms with van der Waals surface area (Å²) in [4.78, 5) is 24.6. The molecule has 1 aliphatic rings. The molecule has 2 heterocycles. The van der Waals surface area contributed by atoms with Gasteiger partial charge in [0, 0.05) is 19.5 Å². The summed E-state index contributed by atoms with van der Waals surface area (Å²) < 4.78 is 1.84. The van der Waals surface area contributed by atoms with Crippen molar-refractivity contribution < 1.29 is 19.8 Å². The third kappa shape index (κ3) is 3.85. The van der Waals surface area contributed by atoms with Crippen molar-refractivity contribution in [3.05, 3.63) is 17.5 Å². The lowest BCUT2D eigenvalue weighted by Crippen LogP contribution is -2.41. The summed E-state index contributed by atoms with van der Waals surface area (Å²) in [5.74, 6) is -1.22. The van der Waals surface area contributed by atoms with E-state index in [1.165, 1.54) is 0 Å². The Balaban J connectivity index is 2.09. The number of amides is 1. The first-order chi connectivity index (χ1) is 10.4. The van der Waals surface area contributed by atoms with Gasteiger partial charge in [-0.1, -0.05) is 13.8 Å². The van der Waals surface area contributed by atoms with Gasteiger partial charge in [-0.15, -0.1) is 0 Å². The van der Waals surface area contributed by atoms with Gasteiger partial charge in [-0.05, 0) is 18.4 Å². The van der Waals surface area contributed by atoms with Crippen molar-refractivity contribution in [3.63, 3.8) is 0 Å². The second kappa shape index (κ2) is 6.91. The average molecular weight is 309 g/mol. The number of aromatic nitrogens is 2. The van der Waals surface area contributed by atoms with Gasteiger partial charge in [0.25, 0.3) is 5.91 Å². The number of nitrogens with zero attached hydrogens (tertiary/aromatic N) is 3. The van der Waals surface area contributed by atoms with E-state index in [0.29, 0.717) is 26.1 Å². The largest absolute Gasteiger partial charge is 0.481 e. The molecule has 0 radical (unpaired) electrons. The van der Waals surface area contributed by atoms with Crippen molar-refractivity contribution in [2.45, 2.75) is 52.3 Å². The fraction of sp³-hybridized carbons (Fsp3) is 0.667. The highest BCUT2D eigenvalue weighted by molar-refractivity contribution is 5.80. The van der Waals surface area contributed by atoms with E-state index in [1.807, 2.05) is 24.6 Å². The number of aliphatic carboxylic acids is 1. The summed E-state index contributed by atoms with van der Waals surface area (Å²) in [5.41, 5.74) is 1.62. The fourth-order valence-corrected chi connectivity index (χ4v) is 2.54. The van der Waals surface area contributed by atoms with Crippen LogP contribution >= 0.6 is 0 Å². The molecule has 1 aromatic heterocycles. The fourth-order valence-electron chi connectivity index (χ4n) is 2.54. The van der Waals surface area contributed by atoms with Crippen LogP contribution in [0.3, 0.4) is 0 Å². The number of aryl methyl sites for hydroxylation is 2. The first-order valence-electron chi connectivity index (χ1n) is 7.62. The van der Waals surface area contributed by atoms with Gasteiger partial charge in [0.2, 0.25) is 0 Å². The van der Waals surface area contributed by atoms with Crippen LogP contribution in [0.1, 0.15) is 38.1 Å². The summed E-state index contributed by atoms with van der Waals surface area (Å²) in [6.45, 7) is 5.33. The molecule has 0 saturated heterocycles. The van der Waals surface area contributed by atoms with Crippen LogP contribution in [0.4, 0.5) is 0 Å². The quantitative estimate of drug-likeness (QED) is 0.832. The van der Waals surface area contributed by atoms with Crippen molar-refractivity contribution >= 4 is 11.9 Å². The molecular formula is C15H23N3O4. The number of hydrogen-bond donors (Lipinski definition) is 2. The van der Waals surface area contributed by atoms with E-state index in [1.54, 1.807) is 4.90 Å². The van der Waals surface area contributed by atoms with E-state index >= 15 is 0 Å². The Morgan fingerprint density at radius 2 is 2.09 bits per heavy atom. The minimum atomic E-state index is -0.985. The Labute approximate surface area is 129 Å². The Hall–Kier alpha value is -1.89. The number of carbonyl (C=O) groups excluding carboxylic acids is 1. The molecule has 22 heavy (non-hydrogen) atoms. The first kappa shape index (κ1) is 16.5. The van der Waals surface area contributed by atoms with Crippen molar-refractivity contribution in [2.24, 2.45) is 5.92 Å². The van der Waals surface area contributed by atoms with Crippen molar-refractivity contribution in [3.8, 4) is 0 Å². The molecule has 0 fully saturated rings. The number of carbonyl (C=O) groups is 2. The molecule has 1 atom stereocenters. The molecule has 7 nitrogen and oxygen atoms in total. The van der Waals surface area contributed by atoms with Gasteiger partial charge in [0.05, 0.1) is 24.4 Å². The van der Waals surface area contributed by atoms with Crippen LogP contribution < -0.4 is 0 Å². The predicted octanol–water partition coefficient (Wildman–Crippen LogP) is 0.649. The molecule has 0 spiro atoms. The van der Waals surface area contributed by atoms with Crippen LogP contribution in [0.25, 0.3) is 0 Å². The zero-order chi connectivity index (χ0) is 16.3. The van der Waals surface area contributed by atoms with E-state index in [2.05, 4.69) is 5.10 Å². The van der Waals surface area contributed by atoms with Crippen LogP contribution in [0.15, 0.2) is 6.07 Å². The first-order valence-corrected chi connectivity index (χ1v) is 7.62. The highest BCUT2D eigenvalue weighted by Crippen LogP contribution is 2.17. The lowest BCUT2D eigenvalue weighted by Gasteiger charge is -2.24. The van der Waals surface area contributed by atoms with E-state index in [-0.39, 0.29) is 18.2 Å². The van der Waals surface area contributed by atoms with Crippen molar-refractivity contribution in [1.82, 2.24) is 14.7 Å². The topological polar surface area (TPSA) is 95.7 Å². The van der Waals surface area contributed by atoms with Gasteiger partial charge < -0.3 is 15.1 Å². The molecule has 2 N–H and O–H groups in total. The lowest BCUT2D eigenvalue weighted by atomic mass is 10.1. The number of aliphatic hydroxyl groups excluding tert-OH is 1. The summed E-state index contributed by atoms with van der Waals surface area (Å²) in [7, 11) is 0. The summed E-state index contributed by atoms with van der Waals surface area (Å²) in [6, 6.07) is 1.86. The second-order valence-electron chi connectivity index (χ2n) is 6.05. The minimum Gasteiger partial charge on any atom is -0.481 e. The molecule has 0 bridgehead atoms. The van der Waals surface area contributed by atoms with Crippen molar-refractivity contribution in [1.29, 1.82) is 0 Å². The number of rotatable bonds is 5. The van der Waals surface area contributed by atoms with Crippen LogP contribution in [0.5, 0.6) is 0 Å². The molecule has 2 rings (SSSR count). The highest BCUT2D eigenvalue weighted by Gasteiger charge is 2.27. The third-order valence-electron chi connectivity index (χ3n) is 3.86. The zero-order valence-corrected chi connectivity index (χ0v) is 13.0. The number of carboxylic acid groups (broad SMARTS) is 1. The maximum absolute atomic E-state index is 12.3. The van der Waals surface area contributed by atoms with Crippen LogP contribution in [0.2, 0.25) is 0 Å². The average Bonchev–Trinajstić information content (AvgIpc) is 2.74. The molecule has 122 valence electrons. The standard InChI is InChI=1S/C15H23N3O4/c1-10(2)14(21)15(22)17-6-3-7-18-12(9-17)8-11(16-18)4-5-13(19)20/h8,10,14,21H,3-7,9H2,1-2H3,(H,19,20). The van der Waals surface area contributed by atoms with E-state index in [9.17, 15) is 14.7 Å². The molecule has 0 aromatic carbocycles. The van der Waals surface area contributed by atoms with Gasteiger partial charge in [-0.3, -0.25) is 14.3 Å². The van der Waals surface area contributed by atoms with Gasteiger partial charge >= 0.3 is 5.97 Å². The molecule has 1 aromatic rings. The number of fused-ring (bicyclic) bond motifs is 1. The Bertz CT molecular complexity index is 553. The lowest BCUT2D eigenvalue weighted by molar-refractivity contribution is -0.143. The normalized spacial score (nSPS) is 16.3. The molecule has 1 amide bonds. The van der Waals surface area contributed by atoms with Gasteiger partial charge in [-0.2, -0.15) is 5.10 Å². The smallest absolute Gasteiger partial charge is 0.303 e. The SMILES string of the molecule is CC(C)C(O)C(=O)N1CCCn2nc(CCC(=O)O)cc2C1. The second-order valence-corrected chi connectivity index (χ2v) is 6.05. The van der Waals surface area contributed by atoms with E-state index in [0.717, 1.165) is 17.8 Å². The molecule has 0 saturated carbocycles. The number of aliphatic hydroxyl groups is 1. The predicted molar refractivity (Wildman–Crippen MR) is 79.1 cm³/mol. The molecule has 7 heteroatoms. The monoisotopic (exact) mass is 309 g/mol. The molecular weight excluding hydrogens is 286 g/mol. The van der Waals surface area contributed by atoms with E-state index < -0.39 is 12.1 Å². The molecule has 1 aliphatic heterocycles. The van der Waals surface area contributed by atoms with Gasteiger partial charge in [0.1, 0.15) is 6.10 Å². The molecule has 1 unspecified atom stereocenters. The maximum Gasteiger partial charge on any atom is 0.303 e. The Morgan fingerprint density at radius 1 is 1.36 bits per heavy atom. The Morgan fingerprint density at radius 3 is 2.73 bits per heavy atom. The Kier molecular flexibility index (Phi) is 5.18. The zero-order valence-electron chi connectivity index (χ0n) is 13.0. The van der Waals surface area contributed by atoms with Crippen LogP contribution in [0, 0.1) is 5.92 Å². The van der Waals surface area contributed by atoms with Crippen LogP contribution in [-0.2, 0) is 29.1 Å².